The van der Waals surface area contributed by atoms with Crippen molar-refractivity contribution in [2.24, 2.45) is 10.2 Å². The van der Waals surface area contributed by atoms with Gasteiger partial charge in [-0.1, -0.05) is 0 Å². The van der Waals surface area contributed by atoms with E-state index in [1.54, 1.807) is 6.07 Å². The van der Waals surface area contributed by atoms with Crippen LogP contribution >= 0.6 is 0 Å². The normalized spacial score (nSPS) is 10.8. The first kappa shape index (κ1) is 25.0. The van der Waals surface area contributed by atoms with Gasteiger partial charge in [-0.3, -0.25) is 25.0 Å². The number of anilines is 1. The lowest BCUT2D eigenvalue weighted by atomic mass is 10.2. The number of azo groups is 1. The Bertz CT molecular complexity index is 1070. The predicted molar refractivity (Wildman–Crippen MR) is 118 cm³/mol. The molecule has 13 nitrogen and oxygen atoms in total. The van der Waals surface area contributed by atoms with E-state index in [0.717, 1.165) is 18.2 Å². The van der Waals surface area contributed by atoms with Crippen LogP contribution in [0.3, 0.4) is 0 Å². The van der Waals surface area contributed by atoms with Gasteiger partial charge in [-0.25, -0.2) is 0 Å². The Morgan fingerprint density at radius 3 is 2.24 bits per heavy atom. The van der Waals surface area contributed by atoms with Crippen LogP contribution in [0.1, 0.15) is 19.8 Å². The standard InChI is InChI=1S/C20H23N5O8/c1-4-23(9-5-6-20(26)27)17-12-18(32-2)15(11-19(17)33-3)22-21-14-8-7-13(24(28)29)10-16(14)25(30)31/h7-8,10-12H,4-6,9H2,1-3H3,(H,26,27). The fraction of sp³-hybridized carbons (Fsp3) is 0.350. The molecule has 0 heterocycles. The Morgan fingerprint density at radius 2 is 1.70 bits per heavy atom. The molecule has 0 aliphatic heterocycles. The van der Waals surface area contributed by atoms with Crippen molar-refractivity contribution in [1.29, 1.82) is 0 Å². The molecule has 0 aliphatic carbocycles. The summed E-state index contributed by atoms with van der Waals surface area (Å²) in [4.78, 5) is 33.4. The molecular weight excluding hydrogens is 438 g/mol. The van der Waals surface area contributed by atoms with Gasteiger partial charge in [0.05, 0.1) is 35.8 Å². The molecule has 0 amide bonds. The minimum Gasteiger partial charge on any atom is -0.494 e. The van der Waals surface area contributed by atoms with Gasteiger partial charge < -0.3 is 19.5 Å². The number of rotatable bonds is 12. The molecule has 176 valence electrons. The third-order valence-electron chi connectivity index (χ3n) is 4.65. The number of hydrogen-bond acceptors (Lipinski definition) is 10. The summed E-state index contributed by atoms with van der Waals surface area (Å²) < 4.78 is 10.8. The molecule has 0 unspecified atom stereocenters. The van der Waals surface area contributed by atoms with Gasteiger partial charge in [-0.2, -0.15) is 0 Å². The molecule has 0 fully saturated rings. The van der Waals surface area contributed by atoms with Crippen molar-refractivity contribution < 1.29 is 29.2 Å². The third kappa shape index (κ3) is 6.35. The molecular formula is C20H23N5O8. The van der Waals surface area contributed by atoms with Crippen molar-refractivity contribution in [1.82, 2.24) is 0 Å². The van der Waals surface area contributed by atoms with Gasteiger partial charge in [-0.05, 0) is 19.4 Å². The number of carboxylic acid groups (broad SMARTS) is 1. The van der Waals surface area contributed by atoms with Crippen LogP contribution in [0, 0.1) is 20.2 Å². The van der Waals surface area contributed by atoms with Gasteiger partial charge in [-0.15, -0.1) is 10.2 Å². The summed E-state index contributed by atoms with van der Waals surface area (Å²) in [5, 5.41) is 39.0. The molecule has 0 radical (unpaired) electrons. The Balaban J connectivity index is 2.44. The highest BCUT2D eigenvalue weighted by molar-refractivity contribution is 5.71. The van der Waals surface area contributed by atoms with Crippen LogP contribution in [-0.4, -0.2) is 48.2 Å². The van der Waals surface area contributed by atoms with Crippen molar-refractivity contribution in [3.8, 4) is 11.5 Å². The first-order valence-electron chi connectivity index (χ1n) is 9.79. The molecule has 2 rings (SSSR count). The summed E-state index contributed by atoms with van der Waals surface area (Å²) in [6.07, 6.45) is 0.455. The summed E-state index contributed by atoms with van der Waals surface area (Å²) in [6, 6.07) is 6.24. The fourth-order valence-electron chi connectivity index (χ4n) is 3.02. The van der Waals surface area contributed by atoms with E-state index in [-0.39, 0.29) is 17.8 Å². The van der Waals surface area contributed by atoms with Crippen LogP contribution in [0.2, 0.25) is 0 Å². The molecule has 0 aromatic heterocycles. The summed E-state index contributed by atoms with van der Waals surface area (Å²) in [7, 11) is 2.87. The number of nitro groups is 2. The van der Waals surface area contributed by atoms with E-state index in [1.807, 2.05) is 11.8 Å². The molecule has 2 aromatic carbocycles. The zero-order valence-corrected chi connectivity index (χ0v) is 18.3. The second kappa shape index (κ2) is 11.4. The van der Waals surface area contributed by atoms with Gasteiger partial charge >= 0.3 is 11.7 Å². The zero-order chi connectivity index (χ0) is 24.5. The lowest BCUT2D eigenvalue weighted by Crippen LogP contribution is -2.25. The van der Waals surface area contributed by atoms with Gasteiger partial charge in [0.1, 0.15) is 17.2 Å². The number of hydrogen-bond donors (Lipinski definition) is 1. The number of carboxylic acids is 1. The molecule has 0 bridgehead atoms. The number of ether oxygens (including phenoxy) is 2. The second-order valence-corrected chi connectivity index (χ2v) is 6.66. The van der Waals surface area contributed by atoms with Gasteiger partial charge in [0.25, 0.3) is 5.69 Å². The predicted octanol–water partition coefficient (Wildman–Crippen LogP) is 4.63. The van der Waals surface area contributed by atoms with E-state index < -0.39 is 27.2 Å². The largest absolute Gasteiger partial charge is 0.494 e. The Labute approximate surface area is 188 Å². The van der Waals surface area contributed by atoms with Gasteiger partial charge in [0.2, 0.25) is 0 Å². The maximum Gasteiger partial charge on any atom is 0.303 e. The Kier molecular flexibility index (Phi) is 8.60. The quantitative estimate of drug-likeness (QED) is 0.269. The van der Waals surface area contributed by atoms with E-state index >= 15 is 0 Å². The smallest absolute Gasteiger partial charge is 0.303 e. The van der Waals surface area contributed by atoms with Crippen molar-refractivity contribution in [3.63, 3.8) is 0 Å². The van der Waals surface area contributed by atoms with E-state index in [0.29, 0.717) is 36.7 Å². The number of methoxy groups -OCH3 is 2. The average molecular weight is 461 g/mol. The summed E-state index contributed by atoms with van der Waals surface area (Å²) >= 11 is 0. The second-order valence-electron chi connectivity index (χ2n) is 6.66. The molecule has 0 aliphatic rings. The molecule has 0 spiro atoms. The van der Waals surface area contributed by atoms with Crippen LogP contribution in [-0.2, 0) is 4.79 Å². The number of nitrogens with zero attached hydrogens (tertiary/aromatic N) is 5. The van der Waals surface area contributed by atoms with Crippen LogP contribution < -0.4 is 14.4 Å². The Hall–Kier alpha value is -4.29. The first-order valence-corrected chi connectivity index (χ1v) is 9.79. The number of nitro benzene ring substituents is 2. The summed E-state index contributed by atoms with van der Waals surface area (Å²) in [5.41, 5.74) is -0.299. The zero-order valence-electron chi connectivity index (χ0n) is 18.3. The van der Waals surface area contributed by atoms with Crippen molar-refractivity contribution in [3.05, 3.63) is 50.6 Å². The number of non-ortho nitro benzene ring substituents is 1. The highest BCUT2D eigenvalue weighted by Crippen LogP contribution is 2.41. The van der Waals surface area contributed by atoms with E-state index in [1.165, 1.54) is 20.3 Å². The molecule has 2 aromatic rings. The molecule has 33 heavy (non-hydrogen) atoms. The lowest BCUT2D eigenvalue weighted by molar-refractivity contribution is -0.393. The van der Waals surface area contributed by atoms with E-state index in [2.05, 4.69) is 10.2 Å². The van der Waals surface area contributed by atoms with Gasteiger partial charge in [0, 0.05) is 37.7 Å². The van der Waals surface area contributed by atoms with Crippen molar-refractivity contribution in [2.75, 3.05) is 32.2 Å². The van der Waals surface area contributed by atoms with Crippen LogP contribution in [0.25, 0.3) is 0 Å². The van der Waals surface area contributed by atoms with Crippen molar-refractivity contribution in [2.45, 2.75) is 19.8 Å². The number of benzene rings is 2. The summed E-state index contributed by atoms with van der Waals surface area (Å²) in [5.74, 6) is -0.164. The van der Waals surface area contributed by atoms with E-state index in [4.69, 9.17) is 14.6 Å². The van der Waals surface area contributed by atoms with E-state index in [9.17, 15) is 25.0 Å². The summed E-state index contributed by atoms with van der Waals surface area (Å²) in [6.45, 7) is 2.96. The number of carbonyl (C=O) groups is 1. The fourth-order valence-corrected chi connectivity index (χ4v) is 3.02. The van der Waals surface area contributed by atoms with Crippen LogP contribution in [0.15, 0.2) is 40.6 Å². The maximum atomic E-state index is 11.3. The third-order valence-corrected chi connectivity index (χ3v) is 4.65. The first-order chi connectivity index (χ1) is 15.7. The molecule has 0 saturated carbocycles. The van der Waals surface area contributed by atoms with Crippen molar-refractivity contribution >= 4 is 34.4 Å². The molecule has 0 atom stereocenters. The lowest BCUT2D eigenvalue weighted by Gasteiger charge is -2.25. The van der Waals surface area contributed by atoms with Crippen LogP contribution in [0.5, 0.6) is 11.5 Å². The highest BCUT2D eigenvalue weighted by atomic mass is 16.6. The molecule has 0 saturated heterocycles. The molecule has 13 heteroatoms. The maximum absolute atomic E-state index is 11.3. The number of aliphatic carboxylic acids is 1. The minimum atomic E-state index is -0.883. The monoisotopic (exact) mass is 461 g/mol. The minimum absolute atomic E-state index is 0.0241. The Morgan fingerprint density at radius 1 is 1.03 bits per heavy atom. The SMILES string of the molecule is CCN(CCCC(=O)O)c1cc(OC)c(N=Nc2ccc([N+](=O)[O-])cc2[N+](=O)[O-])cc1OC. The van der Waals surface area contributed by atoms with Gasteiger partial charge in [0.15, 0.2) is 5.69 Å². The molecule has 1 N–H and O–H groups in total. The average Bonchev–Trinajstić information content (AvgIpc) is 2.79. The highest BCUT2D eigenvalue weighted by Gasteiger charge is 2.20. The topological polar surface area (TPSA) is 170 Å². The van der Waals surface area contributed by atoms with Crippen LogP contribution in [0.4, 0.5) is 28.4 Å².